The molecule has 0 saturated carbocycles. The van der Waals surface area contributed by atoms with Gasteiger partial charge in [-0.15, -0.1) is 0 Å². The highest BCUT2D eigenvalue weighted by molar-refractivity contribution is 7.99. The van der Waals surface area contributed by atoms with Crippen molar-refractivity contribution in [2.24, 2.45) is 0 Å². The van der Waals surface area contributed by atoms with E-state index in [4.69, 9.17) is 0 Å². The fourth-order valence-electron chi connectivity index (χ4n) is 4.86. The molecule has 4 aromatic carbocycles. The van der Waals surface area contributed by atoms with Crippen LogP contribution in [0.25, 0.3) is 0 Å². The highest BCUT2D eigenvalue weighted by atomic mass is 32.2. The summed E-state index contributed by atoms with van der Waals surface area (Å²) in [5.74, 6) is -0.593. The standard InChI is InChI=1S/C35H31N3O3S/c1-26-15-18-32(19-16-26)42-33-20-17-31(38(40)41)24-29(33)25-37(23-21-30-14-8-9-22-36-30)35(39)34(27-10-4-2-5-11-27)28-12-6-3-7-13-28/h2-20,22,24,34H,21,23,25H2,1H3. The Balaban J connectivity index is 1.54. The number of hydrogen-bond acceptors (Lipinski definition) is 5. The molecule has 0 saturated heterocycles. The lowest BCUT2D eigenvalue weighted by atomic mass is 9.89. The molecule has 6 nitrogen and oxygen atoms in total. The molecule has 0 bridgehead atoms. The van der Waals surface area contributed by atoms with Gasteiger partial charge in [0.25, 0.3) is 5.69 Å². The molecule has 1 amide bonds. The number of nitro groups is 1. The van der Waals surface area contributed by atoms with Gasteiger partial charge >= 0.3 is 0 Å². The van der Waals surface area contributed by atoms with Gasteiger partial charge in [-0.3, -0.25) is 19.9 Å². The van der Waals surface area contributed by atoms with E-state index >= 15 is 0 Å². The summed E-state index contributed by atoms with van der Waals surface area (Å²) in [6.45, 7) is 2.66. The van der Waals surface area contributed by atoms with Crippen molar-refractivity contribution < 1.29 is 9.72 Å². The Kier molecular flexibility index (Phi) is 9.41. The molecule has 0 spiro atoms. The van der Waals surface area contributed by atoms with Gasteiger partial charge in [-0.05, 0) is 53.9 Å². The van der Waals surface area contributed by atoms with Gasteiger partial charge < -0.3 is 4.90 Å². The third-order valence-electron chi connectivity index (χ3n) is 7.05. The first-order valence-electron chi connectivity index (χ1n) is 13.8. The van der Waals surface area contributed by atoms with Crippen molar-refractivity contribution >= 4 is 23.4 Å². The average molecular weight is 574 g/mol. The number of amides is 1. The van der Waals surface area contributed by atoms with Crippen LogP contribution in [0.15, 0.2) is 137 Å². The maximum Gasteiger partial charge on any atom is 0.269 e. The SMILES string of the molecule is Cc1ccc(Sc2ccc([N+](=O)[O-])cc2CN(CCc2ccccn2)C(=O)C(c2ccccc2)c2ccccc2)cc1. The Morgan fingerprint density at radius 3 is 2.10 bits per heavy atom. The molecule has 0 radical (unpaired) electrons. The summed E-state index contributed by atoms with van der Waals surface area (Å²) < 4.78 is 0. The van der Waals surface area contributed by atoms with Crippen molar-refractivity contribution in [1.82, 2.24) is 9.88 Å². The number of nitrogens with zero attached hydrogens (tertiary/aromatic N) is 3. The first kappa shape index (κ1) is 28.8. The zero-order valence-corrected chi connectivity index (χ0v) is 24.1. The molecule has 1 heterocycles. The Morgan fingerprint density at radius 1 is 0.857 bits per heavy atom. The molecule has 0 aliphatic carbocycles. The number of aryl methyl sites for hydroxylation is 1. The first-order chi connectivity index (χ1) is 20.5. The van der Waals surface area contributed by atoms with Crippen LogP contribution in [-0.2, 0) is 17.8 Å². The van der Waals surface area contributed by atoms with Crippen molar-refractivity contribution in [2.75, 3.05) is 6.54 Å². The van der Waals surface area contributed by atoms with Crippen molar-refractivity contribution in [1.29, 1.82) is 0 Å². The zero-order chi connectivity index (χ0) is 29.3. The fraction of sp³-hybridized carbons (Fsp3) is 0.143. The van der Waals surface area contributed by atoms with Gasteiger partial charge in [0.05, 0.1) is 10.8 Å². The van der Waals surface area contributed by atoms with E-state index in [-0.39, 0.29) is 23.1 Å². The monoisotopic (exact) mass is 573 g/mol. The van der Waals surface area contributed by atoms with E-state index in [1.807, 2.05) is 115 Å². The lowest BCUT2D eigenvalue weighted by Crippen LogP contribution is -2.37. The molecule has 0 unspecified atom stereocenters. The number of carbonyl (C=O) groups is 1. The predicted octanol–water partition coefficient (Wildman–Crippen LogP) is 7.85. The summed E-state index contributed by atoms with van der Waals surface area (Å²) in [5.41, 5.74) is 4.54. The molecule has 5 rings (SSSR count). The van der Waals surface area contributed by atoms with E-state index in [9.17, 15) is 14.9 Å². The number of hydrogen-bond donors (Lipinski definition) is 0. The molecule has 7 heteroatoms. The maximum atomic E-state index is 14.6. The first-order valence-corrected chi connectivity index (χ1v) is 14.6. The van der Waals surface area contributed by atoms with E-state index < -0.39 is 5.92 Å². The van der Waals surface area contributed by atoms with Gasteiger partial charge in [-0.1, -0.05) is 96.2 Å². The largest absolute Gasteiger partial charge is 0.337 e. The van der Waals surface area contributed by atoms with E-state index in [0.717, 1.165) is 37.7 Å². The number of pyridine rings is 1. The summed E-state index contributed by atoms with van der Waals surface area (Å²) in [5, 5.41) is 11.8. The smallest absolute Gasteiger partial charge is 0.269 e. The topological polar surface area (TPSA) is 76.3 Å². The molecule has 0 aliphatic rings. The number of aromatic nitrogens is 1. The van der Waals surface area contributed by atoms with Gasteiger partial charge in [0.15, 0.2) is 0 Å². The molecule has 1 aromatic heterocycles. The summed E-state index contributed by atoms with van der Waals surface area (Å²) >= 11 is 1.54. The van der Waals surface area contributed by atoms with Gasteiger partial charge in [-0.25, -0.2) is 0 Å². The Hall–Kier alpha value is -4.75. The Morgan fingerprint density at radius 2 is 1.50 bits per heavy atom. The number of carbonyl (C=O) groups excluding carboxylic acids is 1. The minimum absolute atomic E-state index is 0.00181. The average Bonchev–Trinajstić information content (AvgIpc) is 3.02. The lowest BCUT2D eigenvalue weighted by Gasteiger charge is -2.29. The number of non-ortho nitro benzene ring substituents is 1. The molecule has 42 heavy (non-hydrogen) atoms. The van der Waals surface area contributed by atoms with E-state index in [1.54, 1.807) is 18.3 Å². The zero-order valence-electron chi connectivity index (χ0n) is 23.3. The van der Waals surface area contributed by atoms with Crippen LogP contribution < -0.4 is 0 Å². The van der Waals surface area contributed by atoms with Crippen LogP contribution in [0.2, 0.25) is 0 Å². The van der Waals surface area contributed by atoms with Crippen LogP contribution in [0, 0.1) is 17.0 Å². The highest BCUT2D eigenvalue weighted by Crippen LogP contribution is 2.35. The predicted molar refractivity (Wildman–Crippen MR) is 166 cm³/mol. The summed E-state index contributed by atoms with van der Waals surface area (Å²) in [6.07, 6.45) is 2.30. The van der Waals surface area contributed by atoms with Crippen molar-refractivity contribution in [2.45, 2.75) is 35.6 Å². The van der Waals surface area contributed by atoms with Crippen LogP contribution in [0.4, 0.5) is 5.69 Å². The highest BCUT2D eigenvalue weighted by Gasteiger charge is 2.28. The van der Waals surface area contributed by atoms with E-state index in [1.165, 1.54) is 17.8 Å². The van der Waals surface area contributed by atoms with Crippen molar-refractivity contribution in [3.8, 4) is 0 Å². The third kappa shape index (κ3) is 7.30. The van der Waals surface area contributed by atoms with E-state index in [0.29, 0.717) is 13.0 Å². The normalized spacial score (nSPS) is 10.9. The van der Waals surface area contributed by atoms with Gasteiger partial charge in [0.1, 0.15) is 0 Å². The van der Waals surface area contributed by atoms with E-state index in [2.05, 4.69) is 4.98 Å². The van der Waals surface area contributed by atoms with Crippen molar-refractivity contribution in [3.63, 3.8) is 0 Å². The third-order valence-corrected chi connectivity index (χ3v) is 8.18. The summed E-state index contributed by atoms with van der Waals surface area (Å²) in [6, 6.07) is 38.3. The van der Waals surface area contributed by atoms with Gasteiger partial charge in [0, 0.05) is 53.3 Å². The fourth-order valence-corrected chi connectivity index (χ4v) is 5.77. The van der Waals surface area contributed by atoms with Crippen LogP contribution in [0.5, 0.6) is 0 Å². The maximum absolute atomic E-state index is 14.6. The second-order valence-corrected chi connectivity index (χ2v) is 11.2. The van der Waals surface area contributed by atoms with Crippen LogP contribution in [0.1, 0.15) is 33.9 Å². The van der Waals surface area contributed by atoms with Crippen molar-refractivity contribution in [3.05, 3.63) is 166 Å². The number of nitro benzene ring substituents is 1. The van der Waals surface area contributed by atoms with Gasteiger partial charge in [-0.2, -0.15) is 0 Å². The molecule has 0 N–H and O–H groups in total. The summed E-state index contributed by atoms with van der Waals surface area (Å²) in [7, 11) is 0. The number of rotatable bonds is 11. The number of benzene rings is 4. The second kappa shape index (κ2) is 13.7. The quantitative estimate of drug-likeness (QED) is 0.119. The Labute approximate surface area is 250 Å². The van der Waals surface area contributed by atoms with Crippen LogP contribution >= 0.6 is 11.8 Å². The Bertz CT molecular complexity index is 1590. The van der Waals surface area contributed by atoms with Crippen LogP contribution in [0.3, 0.4) is 0 Å². The molecular weight excluding hydrogens is 542 g/mol. The molecule has 210 valence electrons. The molecule has 0 aliphatic heterocycles. The van der Waals surface area contributed by atoms with Gasteiger partial charge in [0.2, 0.25) is 5.91 Å². The lowest BCUT2D eigenvalue weighted by molar-refractivity contribution is -0.385. The molecular formula is C35H31N3O3S. The second-order valence-electron chi connectivity index (χ2n) is 10.0. The minimum Gasteiger partial charge on any atom is -0.337 e. The molecule has 0 fully saturated rings. The molecule has 0 atom stereocenters. The molecule has 5 aromatic rings. The summed E-state index contributed by atoms with van der Waals surface area (Å²) in [4.78, 5) is 34.1. The minimum atomic E-state index is -0.525. The van der Waals surface area contributed by atoms with Crippen LogP contribution in [-0.4, -0.2) is 27.3 Å².